The van der Waals surface area contributed by atoms with Gasteiger partial charge in [-0.05, 0) is 12.0 Å². The van der Waals surface area contributed by atoms with Gasteiger partial charge in [0.05, 0.1) is 16.8 Å². The van der Waals surface area contributed by atoms with Gasteiger partial charge in [-0.2, -0.15) is 0 Å². The molecule has 0 aromatic carbocycles. The van der Waals surface area contributed by atoms with E-state index in [1.54, 1.807) is 11.2 Å². The molecule has 0 spiro atoms. The molecule has 0 aliphatic carbocycles. The Kier molecular flexibility index (Phi) is 1.33. The van der Waals surface area contributed by atoms with Gasteiger partial charge in [0.15, 0.2) is 6.20 Å². The highest BCUT2D eigenvalue weighted by Crippen LogP contribution is 2.16. The van der Waals surface area contributed by atoms with Crippen molar-refractivity contribution in [2.24, 2.45) is 5.10 Å². The second-order valence-corrected chi connectivity index (χ2v) is 2.34. The third-order valence-electron chi connectivity index (χ3n) is 1.53. The summed E-state index contributed by atoms with van der Waals surface area (Å²) >= 11 is 0. The second kappa shape index (κ2) is 2.32. The maximum atomic E-state index is 4.05. The second-order valence-electron chi connectivity index (χ2n) is 2.34. The van der Waals surface area contributed by atoms with Crippen molar-refractivity contribution < 1.29 is 0 Å². The summed E-state index contributed by atoms with van der Waals surface area (Å²) in [6.07, 6.45) is 7.31. The van der Waals surface area contributed by atoms with Crippen LogP contribution in [-0.4, -0.2) is 16.4 Å². The van der Waals surface area contributed by atoms with Crippen LogP contribution in [0.4, 0.5) is 5.82 Å². The van der Waals surface area contributed by atoms with Crippen LogP contribution in [0.25, 0.3) is 0 Å². The minimum atomic E-state index is 0.856. The molecule has 1 aliphatic heterocycles. The number of hydrogen-bond acceptors (Lipinski definition) is 3. The lowest BCUT2D eigenvalue weighted by Crippen LogP contribution is -2.06. The molecular weight excluding hydrogens is 140 g/mol. The highest BCUT2D eigenvalue weighted by molar-refractivity contribution is 5.74. The summed E-state index contributed by atoms with van der Waals surface area (Å²) in [5.41, 5.74) is 1.09. The summed E-state index contributed by atoms with van der Waals surface area (Å²) in [5, 5.41) is 12.6. The van der Waals surface area contributed by atoms with Crippen molar-refractivity contribution in [2.45, 2.75) is 6.92 Å². The molecule has 0 saturated heterocycles. The van der Waals surface area contributed by atoms with E-state index in [4.69, 9.17) is 0 Å². The van der Waals surface area contributed by atoms with Crippen molar-refractivity contribution in [3.63, 3.8) is 0 Å². The zero-order valence-corrected chi connectivity index (χ0v) is 6.15. The van der Waals surface area contributed by atoms with Crippen LogP contribution in [0, 0.1) is 6.92 Å². The molecule has 2 rings (SSSR count). The van der Waals surface area contributed by atoms with E-state index in [-0.39, 0.29) is 0 Å². The molecule has 1 aliphatic rings. The number of nitrogens with one attached hydrogen (secondary N) is 1. The van der Waals surface area contributed by atoms with Crippen LogP contribution < -0.4 is 5.01 Å². The van der Waals surface area contributed by atoms with E-state index in [9.17, 15) is 0 Å². The molecule has 0 amide bonds. The Labute approximate surface area is 64.2 Å². The molecule has 55 valence electrons. The average Bonchev–Trinajstić information content (AvgIpc) is 2.55. The first-order valence-electron chi connectivity index (χ1n) is 3.38. The van der Waals surface area contributed by atoms with Crippen LogP contribution in [0.3, 0.4) is 0 Å². The van der Waals surface area contributed by atoms with Crippen molar-refractivity contribution in [2.75, 3.05) is 0 Å². The lowest BCUT2D eigenvalue weighted by molar-refractivity contribution is 0.721. The highest BCUT2D eigenvalue weighted by atomic mass is 15.5. The molecule has 1 N–H and O–H groups in total. The number of hydrazone groups is 1. The predicted octanol–water partition coefficient (Wildman–Crippen LogP) is 1.00. The maximum absolute atomic E-state index is 4.05. The third-order valence-corrected chi connectivity index (χ3v) is 1.53. The van der Waals surface area contributed by atoms with E-state index in [1.807, 2.05) is 25.4 Å². The number of aromatic amines is 1. The number of aryl methyl sites for hydroxylation is 1. The number of anilines is 1. The van der Waals surface area contributed by atoms with Crippen LogP contribution in [-0.2, 0) is 0 Å². The molecule has 0 bridgehead atoms. The quantitative estimate of drug-likeness (QED) is 0.593. The molecule has 2 heterocycles. The average molecular weight is 148 g/mol. The van der Waals surface area contributed by atoms with E-state index >= 15 is 0 Å². The number of aromatic nitrogens is 2. The Morgan fingerprint density at radius 2 is 2.45 bits per heavy atom. The van der Waals surface area contributed by atoms with Crippen molar-refractivity contribution in [1.82, 2.24) is 15.2 Å². The molecule has 1 aromatic rings. The Morgan fingerprint density at radius 1 is 1.55 bits per heavy atom. The molecule has 4 heteroatoms. The smallest absolute Gasteiger partial charge is 0.280 e. The summed E-state index contributed by atoms with van der Waals surface area (Å²) in [6, 6.07) is 0. The van der Waals surface area contributed by atoms with Gasteiger partial charge in [0.2, 0.25) is 0 Å². The fourth-order valence-corrected chi connectivity index (χ4v) is 0.969. The lowest BCUT2D eigenvalue weighted by Gasteiger charge is -1.89. The minimum Gasteiger partial charge on any atom is -0.280 e. The van der Waals surface area contributed by atoms with Gasteiger partial charge in [0.1, 0.15) is 0 Å². The number of rotatable bonds is 1. The van der Waals surface area contributed by atoms with Gasteiger partial charge in [0, 0.05) is 12.3 Å². The molecule has 0 unspecified atom stereocenters. The van der Waals surface area contributed by atoms with Crippen molar-refractivity contribution in [1.29, 1.82) is 0 Å². The number of hydrogen-bond donors (Lipinski definition) is 1. The van der Waals surface area contributed by atoms with E-state index in [0.717, 1.165) is 11.4 Å². The van der Waals surface area contributed by atoms with Gasteiger partial charge in [-0.3, -0.25) is 5.10 Å². The first kappa shape index (κ1) is 6.30. The normalized spacial score (nSPS) is 16.5. The van der Waals surface area contributed by atoms with Crippen molar-refractivity contribution >= 4 is 12.0 Å². The molecule has 0 saturated carbocycles. The topological polar surface area (TPSA) is 46.9 Å². The summed E-state index contributed by atoms with van der Waals surface area (Å²) in [7, 11) is 0. The lowest BCUT2D eigenvalue weighted by atomic mass is 10.4. The van der Waals surface area contributed by atoms with Crippen LogP contribution in [0.15, 0.2) is 23.6 Å². The third kappa shape index (κ3) is 0.969. The Morgan fingerprint density at radius 3 is 3.00 bits per heavy atom. The first-order chi connectivity index (χ1) is 5.38. The largest absolute Gasteiger partial charge is 0.333 e. The highest BCUT2D eigenvalue weighted by Gasteiger charge is 2.23. The van der Waals surface area contributed by atoms with Gasteiger partial charge in [-0.1, -0.05) is 0 Å². The van der Waals surface area contributed by atoms with Crippen LogP contribution in [0.2, 0.25) is 0 Å². The van der Waals surface area contributed by atoms with Crippen molar-refractivity contribution in [3.8, 4) is 0 Å². The first-order valence-corrected chi connectivity index (χ1v) is 3.38. The van der Waals surface area contributed by atoms with E-state index < -0.39 is 0 Å². The number of allylic oxidation sites excluding steroid dienone is 1. The fraction of sp³-hybridized carbons (Fsp3) is 0.143. The summed E-state index contributed by atoms with van der Waals surface area (Å²) in [4.78, 5) is 0. The molecule has 1 aromatic heterocycles. The summed E-state index contributed by atoms with van der Waals surface area (Å²) < 4.78 is 0. The number of H-pyrrole nitrogens is 1. The Bertz CT molecular complexity index is 298. The minimum absolute atomic E-state index is 0.856. The molecular formula is C7H8N4+. The van der Waals surface area contributed by atoms with Gasteiger partial charge >= 0.3 is 5.82 Å². The van der Waals surface area contributed by atoms with E-state index in [1.165, 1.54) is 0 Å². The van der Waals surface area contributed by atoms with E-state index in [0.29, 0.717) is 0 Å². The SMILES string of the molecule is Cc1c[nH]nc1[N+]1C=CC=N1. The monoisotopic (exact) mass is 148 g/mol. The van der Waals surface area contributed by atoms with Gasteiger partial charge in [-0.15, -0.1) is 5.10 Å². The van der Waals surface area contributed by atoms with Gasteiger partial charge < -0.3 is 0 Å². The molecule has 11 heavy (non-hydrogen) atoms. The summed E-state index contributed by atoms with van der Waals surface area (Å²) in [5.74, 6) is 0.856. The van der Waals surface area contributed by atoms with E-state index in [2.05, 4.69) is 15.3 Å². The van der Waals surface area contributed by atoms with Crippen LogP contribution >= 0.6 is 0 Å². The maximum Gasteiger partial charge on any atom is 0.333 e. The standard InChI is InChI=1S/C7H8N4/c1-6-5-8-10-7(6)11-4-2-3-9-11/h2-5H,1H3,(H,8,10)/q+1. The molecule has 4 nitrogen and oxygen atoms in total. The molecule has 0 atom stereocenters. The van der Waals surface area contributed by atoms with Gasteiger partial charge in [0.25, 0.3) is 0 Å². The molecule has 0 fully saturated rings. The predicted molar refractivity (Wildman–Crippen MR) is 42.8 cm³/mol. The zero-order valence-electron chi connectivity index (χ0n) is 6.15. The van der Waals surface area contributed by atoms with Crippen LogP contribution in [0.1, 0.15) is 5.56 Å². The molecule has 1 radical (unpaired) electrons. The summed E-state index contributed by atoms with van der Waals surface area (Å²) in [6.45, 7) is 1.99. The van der Waals surface area contributed by atoms with Crippen LogP contribution in [0.5, 0.6) is 0 Å². The van der Waals surface area contributed by atoms with Gasteiger partial charge in [-0.25, -0.2) is 0 Å². The fourth-order valence-electron chi connectivity index (χ4n) is 0.969. The Balaban J connectivity index is 2.36. The van der Waals surface area contributed by atoms with Crippen molar-refractivity contribution in [3.05, 3.63) is 24.0 Å². The number of nitrogens with zero attached hydrogens (tertiary/aromatic N) is 3. The zero-order chi connectivity index (χ0) is 7.68. The Hall–Kier alpha value is -1.42.